The molecule has 0 fully saturated rings. The highest BCUT2D eigenvalue weighted by molar-refractivity contribution is 6.31. The van der Waals surface area contributed by atoms with Crippen LogP contribution in [0.3, 0.4) is 0 Å². The lowest BCUT2D eigenvalue weighted by Gasteiger charge is -2.20. The molecule has 1 N–H and O–H groups in total. The molecule has 3 heteroatoms. The molecule has 0 spiro atoms. The fourth-order valence-corrected chi connectivity index (χ4v) is 2.38. The van der Waals surface area contributed by atoms with Crippen molar-refractivity contribution in [2.24, 2.45) is 0 Å². The molecule has 1 aromatic heterocycles. The molecular formula is C17H21ClN2. The maximum absolute atomic E-state index is 6.12. The molecule has 2 aromatic rings. The number of hydrogen-bond acceptors (Lipinski definition) is 2. The first kappa shape index (κ1) is 15.0. The van der Waals surface area contributed by atoms with Crippen LogP contribution >= 0.6 is 11.6 Å². The monoisotopic (exact) mass is 288 g/mol. The zero-order valence-corrected chi connectivity index (χ0v) is 12.8. The van der Waals surface area contributed by atoms with E-state index < -0.39 is 0 Å². The van der Waals surface area contributed by atoms with E-state index in [2.05, 4.69) is 35.4 Å². The van der Waals surface area contributed by atoms with Crippen LogP contribution in [-0.4, -0.2) is 11.5 Å². The summed E-state index contributed by atoms with van der Waals surface area (Å²) in [6.45, 7) is 5.24. The predicted molar refractivity (Wildman–Crippen MR) is 85.2 cm³/mol. The lowest BCUT2D eigenvalue weighted by Crippen LogP contribution is -2.24. The molecule has 20 heavy (non-hydrogen) atoms. The van der Waals surface area contributed by atoms with Crippen LogP contribution in [0.1, 0.15) is 36.1 Å². The Morgan fingerprint density at radius 2 is 2.15 bits per heavy atom. The fourth-order valence-electron chi connectivity index (χ4n) is 2.27. The van der Waals surface area contributed by atoms with Gasteiger partial charge in [0.15, 0.2) is 0 Å². The van der Waals surface area contributed by atoms with E-state index >= 15 is 0 Å². The zero-order chi connectivity index (χ0) is 14.4. The molecule has 0 amide bonds. The van der Waals surface area contributed by atoms with Gasteiger partial charge in [0.25, 0.3) is 0 Å². The van der Waals surface area contributed by atoms with E-state index in [1.165, 1.54) is 11.1 Å². The summed E-state index contributed by atoms with van der Waals surface area (Å²) >= 11 is 6.12. The Morgan fingerprint density at radius 3 is 2.80 bits per heavy atom. The van der Waals surface area contributed by atoms with Gasteiger partial charge in [-0.25, -0.2) is 0 Å². The Labute approximate surface area is 126 Å². The maximum Gasteiger partial charge on any atom is 0.0435 e. The van der Waals surface area contributed by atoms with Gasteiger partial charge in [0.1, 0.15) is 0 Å². The molecule has 0 saturated carbocycles. The molecule has 2 nitrogen and oxygen atoms in total. The Hall–Kier alpha value is -1.38. The largest absolute Gasteiger partial charge is 0.310 e. The minimum absolute atomic E-state index is 0.301. The number of aryl methyl sites for hydroxylation is 1. The van der Waals surface area contributed by atoms with Crippen LogP contribution in [0.4, 0.5) is 0 Å². The van der Waals surface area contributed by atoms with Crippen LogP contribution in [0, 0.1) is 6.92 Å². The fraction of sp³-hybridized carbons (Fsp3) is 0.353. The summed E-state index contributed by atoms with van der Waals surface area (Å²) in [5, 5.41) is 4.43. The molecule has 0 saturated heterocycles. The molecule has 0 bridgehead atoms. The lowest BCUT2D eigenvalue weighted by atomic mass is 9.98. The SMILES string of the molecule is CCCNC(Cc1cccnc1)c1ccc(Cl)c(C)c1. The summed E-state index contributed by atoms with van der Waals surface area (Å²) in [7, 11) is 0. The van der Waals surface area contributed by atoms with Crippen molar-refractivity contribution in [1.82, 2.24) is 10.3 Å². The number of nitrogens with one attached hydrogen (secondary N) is 1. The van der Waals surface area contributed by atoms with E-state index in [4.69, 9.17) is 11.6 Å². The molecule has 1 heterocycles. The Balaban J connectivity index is 2.20. The molecule has 1 aromatic carbocycles. The van der Waals surface area contributed by atoms with Crippen LogP contribution in [-0.2, 0) is 6.42 Å². The van der Waals surface area contributed by atoms with Crippen LogP contribution < -0.4 is 5.32 Å². The molecule has 0 radical (unpaired) electrons. The third-order valence-electron chi connectivity index (χ3n) is 3.39. The second-order valence-corrected chi connectivity index (χ2v) is 5.49. The van der Waals surface area contributed by atoms with Crippen molar-refractivity contribution >= 4 is 11.6 Å². The van der Waals surface area contributed by atoms with Crippen molar-refractivity contribution in [1.29, 1.82) is 0 Å². The van der Waals surface area contributed by atoms with Crippen LogP contribution in [0.25, 0.3) is 0 Å². The van der Waals surface area contributed by atoms with Gasteiger partial charge in [-0.3, -0.25) is 4.98 Å². The van der Waals surface area contributed by atoms with Gasteiger partial charge in [-0.15, -0.1) is 0 Å². The highest BCUT2D eigenvalue weighted by Gasteiger charge is 2.12. The van der Waals surface area contributed by atoms with Crippen LogP contribution in [0.5, 0.6) is 0 Å². The number of nitrogens with zero attached hydrogens (tertiary/aromatic N) is 1. The van der Waals surface area contributed by atoms with E-state index in [0.29, 0.717) is 6.04 Å². The van der Waals surface area contributed by atoms with Crippen molar-refractivity contribution < 1.29 is 0 Å². The quantitative estimate of drug-likeness (QED) is 0.856. The lowest BCUT2D eigenvalue weighted by molar-refractivity contribution is 0.528. The third kappa shape index (κ3) is 4.06. The first-order valence-electron chi connectivity index (χ1n) is 7.09. The van der Waals surface area contributed by atoms with Gasteiger partial charge in [-0.05, 0) is 55.1 Å². The van der Waals surface area contributed by atoms with Crippen molar-refractivity contribution in [3.8, 4) is 0 Å². The third-order valence-corrected chi connectivity index (χ3v) is 3.81. The van der Waals surface area contributed by atoms with E-state index in [-0.39, 0.29) is 0 Å². The Kier molecular flexibility index (Phi) is 5.57. The van der Waals surface area contributed by atoms with Gasteiger partial charge in [-0.1, -0.05) is 36.7 Å². The minimum Gasteiger partial charge on any atom is -0.310 e. The molecule has 0 aliphatic rings. The second kappa shape index (κ2) is 7.41. The second-order valence-electron chi connectivity index (χ2n) is 5.08. The number of hydrogen-bond donors (Lipinski definition) is 1. The van der Waals surface area contributed by atoms with Gasteiger partial charge >= 0.3 is 0 Å². The summed E-state index contributed by atoms with van der Waals surface area (Å²) in [5.74, 6) is 0. The number of pyridine rings is 1. The first-order chi connectivity index (χ1) is 9.70. The average Bonchev–Trinajstić information content (AvgIpc) is 2.47. The Morgan fingerprint density at radius 1 is 1.30 bits per heavy atom. The van der Waals surface area contributed by atoms with Crippen molar-refractivity contribution in [2.45, 2.75) is 32.7 Å². The summed E-state index contributed by atoms with van der Waals surface area (Å²) in [6, 6.07) is 10.7. The van der Waals surface area contributed by atoms with Gasteiger partial charge in [0.05, 0.1) is 0 Å². The number of benzene rings is 1. The highest BCUT2D eigenvalue weighted by atomic mass is 35.5. The summed E-state index contributed by atoms with van der Waals surface area (Å²) in [4.78, 5) is 4.19. The van der Waals surface area contributed by atoms with Crippen molar-refractivity contribution in [3.63, 3.8) is 0 Å². The van der Waals surface area contributed by atoms with Crippen LogP contribution in [0.2, 0.25) is 5.02 Å². The van der Waals surface area contributed by atoms with Gasteiger partial charge in [0.2, 0.25) is 0 Å². The van der Waals surface area contributed by atoms with Gasteiger partial charge < -0.3 is 5.32 Å². The predicted octanol–water partition coefficient (Wildman–Crippen LogP) is 4.33. The smallest absolute Gasteiger partial charge is 0.0435 e. The van der Waals surface area contributed by atoms with Crippen molar-refractivity contribution in [3.05, 3.63) is 64.4 Å². The van der Waals surface area contributed by atoms with Gasteiger partial charge in [0, 0.05) is 23.5 Å². The molecule has 2 rings (SSSR count). The Bertz CT molecular complexity index is 540. The molecule has 0 aliphatic heterocycles. The zero-order valence-electron chi connectivity index (χ0n) is 12.1. The van der Waals surface area contributed by atoms with Crippen LogP contribution in [0.15, 0.2) is 42.7 Å². The topological polar surface area (TPSA) is 24.9 Å². The molecule has 0 aliphatic carbocycles. The van der Waals surface area contributed by atoms with E-state index in [1.807, 2.05) is 31.5 Å². The molecule has 1 unspecified atom stereocenters. The highest BCUT2D eigenvalue weighted by Crippen LogP contribution is 2.23. The number of aromatic nitrogens is 1. The maximum atomic E-state index is 6.12. The molecule has 106 valence electrons. The standard InChI is InChI=1S/C17H21ClN2/c1-3-8-20-17(11-14-5-4-9-19-12-14)15-6-7-16(18)13(2)10-15/h4-7,9-10,12,17,20H,3,8,11H2,1-2H3. The van der Waals surface area contributed by atoms with E-state index in [1.54, 1.807) is 0 Å². The number of rotatable bonds is 6. The van der Waals surface area contributed by atoms with E-state index in [0.717, 1.165) is 30.0 Å². The number of halogens is 1. The minimum atomic E-state index is 0.301. The normalized spacial score (nSPS) is 12.3. The first-order valence-corrected chi connectivity index (χ1v) is 7.47. The molecular weight excluding hydrogens is 268 g/mol. The van der Waals surface area contributed by atoms with Crippen molar-refractivity contribution in [2.75, 3.05) is 6.54 Å². The molecule has 1 atom stereocenters. The van der Waals surface area contributed by atoms with Gasteiger partial charge in [-0.2, -0.15) is 0 Å². The summed E-state index contributed by atoms with van der Waals surface area (Å²) < 4.78 is 0. The average molecular weight is 289 g/mol. The summed E-state index contributed by atoms with van der Waals surface area (Å²) in [5.41, 5.74) is 3.65. The van der Waals surface area contributed by atoms with E-state index in [9.17, 15) is 0 Å². The summed E-state index contributed by atoms with van der Waals surface area (Å²) in [6.07, 6.45) is 5.80.